The standard InChI is InChI=1S/C18H16N2O4S/c1-12(17-19-20-18(24-17)15-7-4-10-25-15)23-16(21)9-8-13-5-3-6-14(11-13)22-2/h3-12H,1-2H3/b9-8+/t12-/m1/s1. The molecule has 6 nitrogen and oxygen atoms in total. The Kier molecular flexibility index (Phi) is 5.25. The third-order valence-electron chi connectivity index (χ3n) is 3.32. The van der Waals surface area contributed by atoms with Crippen LogP contribution in [0.3, 0.4) is 0 Å². The lowest BCUT2D eigenvalue weighted by Gasteiger charge is -2.06. The molecule has 2 heterocycles. The SMILES string of the molecule is COc1cccc(/C=C/C(=O)O[C@H](C)c2nnc(-c3cccs3)o2)c1. The van der Waals surface area contributed by atoms with Crippen molar-refractivity contribution in [3.8, 4) is 16.5 Å². The molecular formula is C18H16N2O4S. The van der Waals surface area contributed by atoms with Crippen LogP contribution in [-0.4, -0.2) is 23.3 Å². The molecule has 1 aromatic carbocycles. The van der Waals surface area contributed by atoms with Gasteiger partial charge in [0.2, 0.25) is 0 Å². The predicted octanol–water partition coefficient (Wildman–Crippen LogP) is 4.12. The second-order valence-corrected chi connectivity index (χ2v) is 6.06. The van der Waals surface area contributed by atoms with Crippen LogP contribution in [-0.2, 0) is 9.53 Å². The summed E-state index contributed by atoms with van der Waals surface area (Å²) in [5.41, 5.74) is 0.835. The van der Waals surface area contributed by atoms with Crippen molar-refractivity contribution in [2.45, 2.75) is 13.0 Å². The molecule has 0 aliphatic carbocycles. The Morgan fingerprint density at radius 1 is 1.28 bits per heavy atom. The number of benzene rings is 1. The lowest BCUT2D eigenvalue weighted by Crippen LogP contribution is -2.06. The summed E-state index contributed by atoms with van der Waals surface area (Å²) in [6.45, 7) is 1.68. The van der Waals surface area contributed by atoms with Crippen molar-refractivity contribution in [3.05, 3.63) is 59.3 Å². The van der Waals surface area contributed by atoms with Crippen LogP contribution in [0.4, 0.5) is 0 Å². The molecule has 0 aliphatic rings. The Hall–Kier alpha value is -2.93. The van der Waals surface area contributed by atoms with E-state index in [0.29, 0.717) is 5.89 Å². The number of aromatic nitrogens is 2. The molecular weight excluding hydrogens is 340 g/mol. The van der Waals surface area contributed by atoms with E-state index in [4.69, 9.17) is 13.9 Å². The van der Waals surface area contributed by atoms with Gasteiger partial charge in [-0.15, -0.1) is 21.5 Å². The lowest BCUT2D eigenvalue weighted by molar-refractivity contribution is -0.143. The molecule has 0 amide bonds. The molecule has 0 N–H and O–H groups in total. The van der Waals surface area contributed by atoms with Gasteiger partial charge in [0.05, 0.1) is 12.0 Å². The minimum absolute atomic E-state index is 0.256. The fourth-order valence-electron chi connectivity index (χ4n) is 2.07. The smallest absolute Gasteiger partial charge is 0.331 e. The highest BCUT2D eigenvalue weighted by Crippen LogP contribution is 2.25. The Labute approximate surface area is 148 Å². The van der Waals surface area contributed by atoms with Crippen LogP contribution in [0, 0.1) is 0 Å². The molecule has 0 saturated heterocycles. The maximum absolute atomic E-state index is 12.0. The first-order chi connectivity index (χ1) is 12.2. The normalized spacial score (nSPS) is 12.2. The molecule has 0 unspecified atom stereocenters. The van der Waals surface area contributed by atoms with Crippen LogP contribution < -0.4 is 4.74 Å². The fourth-order valence-corrected chi connectivity index (χ4v) is 2.72. The number of esters is 1. The van der Waals surface area contributed by atoms with E-state index in [-0.39, 0.29) is 5.89 Å². The first kappa shape index (κ1) is 16.9. The number of hydrogen-bond acceptors (Lipinski definition) is 7. The summed E-state index contributed by atoms with van der Waals surface area (Å²) in [5.74, 6) is 0.897. The molecule has 0 bridgehead atoms. The molecule has 25 heavy (non-hydrogen) atoms. The summed E-state index contributed by atoms with van der Waals surface area (Å²) in [7, 11) is 1.59. The molecule has 128 valence electrons. The number of rotatable bonds is 6. The lowest BCUT2D eigenvalue weighted by atomic mass is 10.2. The van der Waals surface area contributed by atoms with Crippen molar-refractivity contribution in [1.29, 1.82) is 0 Å². The first-order valence-electron chi connectivity index (χ1n) is 7.56. The van der Waals surface area contributed by atoms with Gasteiger partial charge >= 0.3 is 5.97 Å². The van der Waals surface area contributed by atoms with Crippen molar-refractivity contribution < 1.29 is 18.7 Å². The van der Waals surface area contributed by atoms with Gasteiger partial charge in [-0.25, -0.2) is 4.79 Å². The van der Waals surface area contributed by atoms with E-state index >= 15 is 0 Å². The van der Waals surface area contributed by atoms with Gasteiger partial charge in [-0.2, -0.15) is 0 Å². The van der Waals surface area contributed by atoms with Crippen molar-refractivity contribution >= 4 is 23.4 Å². The van der Waals surface area contributed by atoms with Crippen LogP contribution in [0.15, 0.2) is 52.3 Å². The fraction of sp³-hybridized carbons (Fsp3) is 0.167. The minimum Gasteiger partial charge on any atom is -0.497 e. The van der Waals surface area contributed by atoms with Gasteiger partial charge in [-0.1, -0.05) is 18.2 Å². The third-order valence-corrected chi connectivity index (χ3v) is 4.18. The summed E-state index contributed by atoms with van der Waals surface area (Å²) in [6.07, 6.45) is 2.37. The molecule has 0 spiro atoms. The minimum atomic E-state index is -0.635. The van der Waals surface area contributed by atoms with E-state index in [1.165, 1.54) is 17.4 Å². The van der Waals surface area contributed by atoms with Crippen molar-refractivity contribution in [3.63, 3.8) is 0 Å². The Bertz CT molecular complexity index is 871. The van der Waals surface area contributed by atoms with Crippen LogP contribution in [0.5, 0.6) is 5.75 Å². The summed E-state index contributed by atoms with van der Waals surface area (Å²) in [5, 5.41) is 9.83. The van der Waals surface area contributed by atoms with E-state index in [9.17, 15) is 4.79 Å². The maximum Gasteiger partial charge on any atom is 0.331 e. The largest absolute Gasteiger partial charge is 0.497 e. The second-order valence-electron chi connectivity index (χ2n) is 5.11. The summed E-state index contributed by atoms with van der Waals surface area (Å²) in [4.78, 5) is 12.8. The number of methoxy groups -OCH3 is 1. The van der Waals surface area contributed by atoms with Gasteiger partial charge in [0.15, 0.2) is 6.10 Å². The molecule has 3 rings (SSSR count). The number of nitrogens with zero attached hydrogens (tertiary/aromatic N) is 2. The number of hydrogen-bond donors (Lipinski definition) is 0. The predicted molar refractivity (Wildman–Crippen MR) is 94.1 cm³/mol. The van der Waals surface area contributed by atoms with Gasteiger partial charge in [0, 0.05) is 6.08 Å². The Morgan fingerprint density at radius 2 is 2.16 bits per heavy atom. The second kappa shape index (κ2) is 7.76. The number of carbonyl (C=O) groups excluding carboxylic acids is 1. The highest BCUT2D eigenvalue weighted by atomic mass is 32.1. The van der Waals surface area contributed by atoms with E-state index in [2.05, 4.69) is 10.2 Å². The van der Waals surface area contributed by atoms with Gasteiger partial charge < -0.3 is 13.9 Å². The molecule has 0 aliphatic heterocycles. The Morgan fingerprint density at radius 3 is 2.92 bits per heavy atom. The van der Waals surface area contributed by atoms with Gasteiger partial charge in [-0.3, -0.25) is 0 Å². The topological polar surface area (TPSA) is 74.5 Å². The summed E-state index contributed by atoms with van der Waals surface area (Å²) in [6, 6.07) is 11.1. The van der Waals surface area contributed by atoms with E-state index in [1.54, 1.807) is 20.1 Å². The molecule has 1 atom stereocenters. The maximum atomic E-state index is 12.0. The van der Waals surface area contributed by atoms with Crippen molar-refractivity contribution in [2.24, 2.45) is 0 Å². The average Bonchev–Trinajstić information content (AvgIpc) is 3.31. The molecule has 0 saturated carbocycles. The van der Waals surface area contributed by atoms with E-state index in [0.717, 1.165) is 16.2 Å². The van der Waals surface area contributed by atoms with Crippen LogP contribution in [0.2, 0.25) is 0 Å². The number of carbonyl (C=O) groups is 1. The quantitative estimate of drug-likeness (QED) is 0.488. The Balaban J connectivity index is 1.61. The molecule has 7 heteroatoms. The highest BCUT2D eigenvalue weighted by Gasteiger charge is 2.18. The summed E-state index contributed by atoms with van der Waals surface area (Å²) >= 11 is 1.50. The van der Waals surface area contributed by atoms with Crippen LogP contribution in [0.1, 0.15) is 24.5 Å². The molecule has 0 fully saturated rings. The monoisotopic (exact) mass is 356 g/mol. The first-order valence-corrected chi connectivity index (χ1v) is 8.43. The zero-order valence-corrected chi connectivity index (χ0v) is 14.5. The number of ether oxygens (including phenoxy) is 2. The third kappa shape index (κ3) is 4.33. The van der Waals surface area contributed by atoms with E-state index in [1.807, 2.05) is 41.8 Å². The van der Waals surface area contributed by atoms with Crippen molar-refractivity contribution in [2.75, 3.05) is 7.11 Å². The van der Waals surface area contributed by atoms with Gasteiger partial charge in [-0.05, 0) is 42.1 Å². The van der Waals surface area contributed by atoms with Crippen molar-refractivity contribution in [1.82, 2.24) is 10.2 Å². The average molecular weight is 356 g/mol. The summed E-state index contributed by atoms with van der Waals surface area (Å²) < 4.78 is 16.0. The zero-order valence-electron chi connectivity index (χ0n) is 13.7. The van der Waals surface area contributed by atoms with Crippen LogP contribution in [0.25, 0.3) is 16.8 Å². The van der Waals surface area contributed by atoms with Gasteiger partial charge in [0.25, 0.3) is 11.8 Å². The van der Waals surface area contributed by atoms with E-state index < -0.39 is 12.1 Å². The highest BCUT2D eigenvalue weighted by molar-refractivity contribution is 7.13. The molecule has 0 radical (unpaired) electrons. The molecule has 2 aromatic heterocycles. The van der Waals surface area contributed by atoms with Gasteiger partial charge in [0.1, 0.15) is 5.75 Å². The number of thiophene rings is 1. The van der Waals surface area contributed by atoms with Crippen LogP contribution >= 0.6 is 11.3 Å². The molecule has 3 aromatic rings. The zero-order chi connectivity index (χ0) is 17.6.